The minimum absolute atomic E-state index is 0.210. The standard InChI is InChI=1S/C12H23NO5S/c1-5-13(6-2)11(14)9-19(16,17)8-10(4)12(15)18-7-3/h10H,5-9H2,1-4H3. The van der Waals surface area contributed by atoms with E-state index in [9.17, 15) is 18.0 Å². The number of ether oxygens (including phenoxy) is 1. The van der Waals surface area contributed by atoms with Gasteiger partial charge in [-0.2, -0.15) is 0 Å². The summed E-state index contributed by atoms with van der Waals surface area (Å²) in [6, 6.07) is 0. The first-order chi connectivity index (χ1) is 8.77. The van der Waals surface area contributed by atoms with Crippen molar-refractivity contribution in [1.82, 2.24) is 4.90 Å². The van der Waals surface area contributed by atoms with Gasteiger partial charge < -0.3 is 9.64 Å². The van der Waals surface area contributed by atoms with Crippen LogP contribution in [0.3, 0.4) is 0 Å². The summed E-state index contributed by atoms with van der Waals surface area (Å²) in [5.41, 5.74) is 0. The molecule has 0 heterocycles. The predicted octanol–water partition coefficient (Wildman–Crippen LogP) is 0.469. The highest BCUT2D eigenvalue weighted by molar-refractivity contribution is 7.92. The molecule has 0 rings (SSSR count). The Labute approximate surface area is 115 Å². The van der Waals surface area contributed by atoms with Crippen LogP contribution in [0.25, 0.3) is 0 Å². The summed E-state index contributed by atoms with van der Waals surface area (Å²) in [7, 11) is -3.60. The van der Waals surface area contributed by atoms with Gasteiger partial charge in [-0.15, -0.1) is 0 Å². The summed E-state index contributed by atoms with van der Waals surface area (Å²) >= 11 is 0. The molecule has 0 aliphatic rings. The third-order valence-electron chi connectivity index (χ3n) is 2.65. The lowest BCUT2D eigenvalue weighted by Gasteiger charge is -2.19. The van der Waals surface area contributed by atoms with Crippen LogP contribution < -0.4 is 0 Å². The summed E-state index contributed by atoms with van der Waals surface area (Å²) in [5.74, 6) is -2.66. The third-order valence-corrected chi connectivity index (χ3v) is 4.35. The smallest absolute Gasteiger partial charge is 0.309 e. The molecule has 0 saturated carbocycles. The van der Waals surface area contributed by atoms with Crippen LogP contribution in [0.2, 0.25) is 0 Å². The number of rotatable bonds is 8. The average molecular weight is 293 g/mol. The third kappa shape index (κ3) is 6.56. The number of amides is 1. The van der Waals surface area contributed by atoms with E-state index in [4.69, 9.17) is 4.74 Å². The maximum absolute atomic E-state index is 11.8. The van der Waals surface area contributed by atoms with Crippen molar-refractivity contribution >= 4 is 21.7 Å². The number of sulfone groups is 1. The molecule has 6 nitrogen and oxygen atoms in total. The first-order valence-electron chi connectivity index (χ1n) is 6.42. The van der Waals surface area contributed by atoms with Crippen molar-refractivity contribution in [2.45, 2.75) is 27.7 Å². The molecule has 0 fully saturated rings. The quantitative estimate of drug-likeness (QED) is 0.608. The molecular weight excluding hydrogens is 270 g/mol. The number of hydrogen-bond acceptors (Lipinski definition) is 5. The van der Waals surface area contributed by atoms with Crippen LogP contribution in [0.15, 0.2) is 0 Å². The zero-order valence-electron chi connectivity index (χ0n) is 12.0. The number of carbonyl (C=O) groups is 2. The fourth-order valence-electron chi connectivity index (χ4n) is 1.65. The van der Waals surface area contributed by atoms with Gasteiger partial charge in [-0.25, -0.2) is 8.42 Å². The molecule has 0 aromatic carbocycles. The Hall–Kier alpha value is -1.11. The number of hydrogen-bond donors (Lipinski definition) is 0. The molecule has 0 aromatic rings. The molecule has 0 aliphatic carbocycles. The van der Waals surface area contributed by atoms with Gasteiger partial charge >= 0.3 is 5.97 Å². The van der Waals surface area contributed by atoms with Gasteiger partial charge in [0.15, 0.2) is 9.84 Å². The van der Waals surface area contributed by atoms with Gasteiger partial charge in [0.1, 0.15) is 5.75 Å². The summed E-state index contributed by atoms with van der Waals surface area (Å²) < 4.78 is 28.4. The fourth-order valence-corrected chi connectivity index (χ4v) is 3.22. The average Bonchev–Trinajstić information content (AvgIpc) is 2.29. The minimum Gasteiger partial charge on any atom is -0.466 e. The molecular formula is C12H23NO5S. The molecule has 0 spiro atoms. The van der Waals surface area contributed by atoms with E-state index < -0.39 is 33.4 Å². The number of carbonyl (C=O) groups excluding carboxylic acids is 2. The second kappa shape index (κ2) is 8.14. The van der Waals surface area contributed by atoms with E-state index in [-0.39, 0.29) is 12.4 Å². The molecule has 0 saturated heterocycles. The fraction of sp³-hybridized carbons (Fsp3) is 0.833. The van der Waals surface area contributed by atoms with E-state index >= 15 is 0 Å². The second-order valence-electron chi connectivity index (χ2n) is 4.27. The van der Waals surface area contributed by atoms with Crippen LogP contribution in [0, 0.1) is 5.92 Å². The molecule has 19 heavy (non-hydrogen) atoms. The van der Waals surface area contributed by atoms with E-state index in [0.29, 0.717) is 13.1 Å². The Balaban J connectivity index is 4.56. The summed E-state index contributed by atoms with van der Waals surface area (Å²) in [6.07, 6.45) is 0. The monoisotopic (exact) mass is 293 g/mol. The van der Waals surface area contributed by atoms with E-state index in [1.54, 1.807) is 20.8 Å². The van der Waals surface area contributed by atoms with Crippen molar-refractivity contribution in [3.05, 3.63) is 0 Å². The molecule has 112 valence electrons. The van der Waals surface area contributed by atoms with Crippen molar-refractivity contribution in [3.63, 3.8) is 0 Å². The largest absolute Gasteiger partial charge is 0.466 e. The molecule has 0 bridgehead atoms. The van der Waals surface area contributed by atoms with Gasteiger partial charge in [0, 0.05) is 13.1 Å². The predicted molar refractivity (Wildman–Crippen MR) is 72.4 cm³/mol. The Morgan fingerprint density at radius 2 is 1.68 bits per heavy atom. The highest BCUT2D eigenvalue weighted by Gasteiger charge is 2.26. The van der Waals surface area contributed by atoms with E-state index in [0.717, 1.165) is 0 Å². The zero-order valence-corrected chi connectivity index (χ0v) is 12.8. The van der Waals surface area contributed by atoms with Crippen LogP contribution in [0.5, 0.6) is 0 Å². The number of esters is 1. The van der Waals surface area contributed by atoms with Gasteiger partial charge in [-0.05, 0) is 20.8 Å². The number of nitrogens with zero attached hydrogens (tertiary/aromatic N) is 1. The normalized spacial score (nSPS) is 12.8. The first-order valence-corrected chi connectivity index (χ1v) is 8.24. The Morgan fingerprint density at radius 3 is 2.11 bits per heavy atom. The molecule has 0 aromatic heterocycles. The Bertz CT molecular complexity index is 400. The van der Waals surface area contributed by atoms with Crippen LogP contribution >= 0.6 is 0 Å². The maximum Gasteiger partial charge on any atom is 0.309 e. The molecule has 7 heteroatoms. The molecule has 0 aliphatic heterocycles. The van der Waals surface area contributed by atoms with Crippen LogP contribution in [-0.4, -0.2) is 56.4 Å². The van der Waals surface area contributed by atoms with Crippen molar-refractivity contribution < 1.29 is 22.7 Å². The molecule has 1 atom stereocenters. The van der Waals surface area contributed by atoms with Crippen LogP contribution in [0.4, 0.5) is 0 Å². The lowest BCUT2D eigenvalue weighted by atomic mass is 10.2. The summed E-state index contributed by atoms with van der Waals surface area (Å²) in [5, 5.41) is 0. The zero-order chi connectivity index (χ0) is 15.1. The SMILES string of the molecule is CCOC(=O)C(C)CS(=O)(=O)CC(=O)N(CC)CC. The van der Waals surface area contributed by atoms with E-state index in [2.05, 4.69) is 0 Å². The van der Waals surface area contributed by atoms with Crippen molar-refractivity contribution in [3.8, 4) is 0 Å². The molecule has 0 radical (unpaired) electrons. The van der Waals surface area contributed by atoms with Gasteiger partial charge in [-0.1, -0.05) is 6.92 Å². The van der Waals surface area contributed by atoms with Crippen molar-refractivity contribution in [2.24, 2.45) is 5.92 Å². The molecule has 1 unspecified atom stereocenters. The maximum atomic E-state index is 11.8. The second-order valence-corrected chi connectivity index (χ2v) is 6.38. The lowest BCUT2D eigenvalue weighted by Crippen LogP contribution is -2.37. The molecule has 1 amide bonds. The summed E-state index contributed by atoms with van der Waals surface area (Å²) in [4.78, 5) is 24.6. The van der Waals surface area contributed by atoms with Crippen LogP contribution in [0.1, 0.15) is 27.7 Å². The topological polar surface area (TPSA) is 80.8 Å². The minimum atomic E-state index is -3.60. The Kier molecular flexibility index (Phi) is 7.66. The van der Waals surface area contributed by atoms with Crippen LogP contribution in [-0.2, 0) is 24.2 Å². The highest BCUT2D eigenvalue weighted by atomic mass is 32.2. The van der Waals surface area contributed by atoms with Gasteiger partial charge in [-0.3, -0.25) is 9.59 Å². The first kappa shape index (κ1) is 17.9. The van der Waals surface area contributed by atoms with Gasteiger partial charge in [0.2, 0.25) is 5.91 Å². The van der Waals surface area contributed by atoms with Crippen molar-refractivity contribution in [1.29, 1.82) is 0 Å². The van der Waals surface area contributed by atoms with E-state index in [1.165, 1.54) is 11.8 Å². The lowest BCUT2D eigenvalue weighted by molar-refractivity contribution is -0.146. The Morgan fingerprint density at radius 1 is 1.16 bits per heavy atom. The van der Waals surface area contributed by atoms with Crippen molar-refractivity contribution in [2.75, 3.05) is 31.2 Å². The summed E-state index contributed by atoms with van der Waals surface area (Å²) in [6.45, 7) is 7.86. The van der Waals surface area contributed by atoms with Gasteiger partial charge in [0.05, 0.1) is 18.3 Å². The highest BCUT2D eigenvalue weighted by Crippen LogP contribution is 2.06. The van der Waals surface area contributed by atoms with E-state index in [1.807, 2.05) is 0 Å². The van der Waals surface area contributed by atoms with Gasteiger partial charge in [0.25, 0.3) is 0 Å². The molecule has 0 N–H and O–H groups in total.